The second-order valence-corrected chi connectivity index (χ2v) is 13.7. The van der Waals surface area contributed by atoms with Gasteiger partial charge in [-0.1, -0.05) is 127 Å². The van der Waals surface area contributed by atoms with Crippen molar-refractivity contribution in [2.75, 3.05) is 12.4 Å². The molecule has 0 saturated carbocycles. The van der Waals surface area contributed by atoms with Gasteiger partial charge >= 0.3 is 0 Å². The number of hydrogen-bond donors (Lipinski definition) is 1. The number of halogens is 2. The molecule has 0 saturated heterocycles. The van der Waals surface area contributed by atoms with Gasteiger partial charge in [0.2, 0.25) is 5.91 Å². The van der Waals surface area contributed by atoms with Crippen LogP contribution in [0.1, 0.15) is 42.1 Å². The van der Waals surface area contributed by atoms with Gasteiger partial charge in [0.05, 0.1) is 22.9 Å². The van der Waals surface area contributed by atoms with Crippen molar-refractivity contribution in [1.82, 2.24) is 10.2 Å². The summed E-state index contributed by atoms with van der Waals surface area (Å²) in [4.78, 5) is 46.9. The van der Waals surface area contributed by atoms with Crippen molar-refractivity contribution in [2.24, 2.45) is 4.99 Å². The first-order chi connectivity index (χ1) is 25.7. The van der Waals surface area contributed by atoms with Crippen LogP contribution >= 0.6 is 39.3 Å². The molecular formula is C42H37BrClN3O5S. The highest BCUT2D eigenvalue weighted by Crippen LogP contribution is 2.39. The summed E-state index contributed by atoms with van der Waals surface area (Å²) in [5.74, 6) is -0.893. The zero-order valence-corrected chi connectivity index (χ0v) is 32.3. The van der Waals surface area contributed by atoms with Gasteiger partial charge in [0, 0.05) is 16.3 Å². The molecule has 0 unspecified atom stereocenters. The van der Waals surface area contributed by atoms with E-state index in [1.54, 1.807) is 49.4 Å². The number of carbonyl (C=O) groups is 3. The molecular weight excluding hydrogens is 774 g/mol. The minimum absolute atomic E-state index is 0.0737. The third-order valence-electron chi connectivity index (χ3n) is 7.89. The Labute approximate surface area is 327 Å². The van der Waals surface area contributed by atoms with Crippen LogP contribution in [0.5, 0.6) is 11.5 Å². The molecule has 270 valence electrons. The van der Waals surface area contributed by atoms with Crippen molar-refractivity contribution in [3.63, 3.8) is 0 Å². The van der Waals surface area contributed by atoms with E-state index < -0.39 is 17.9 Å². The maximum Gasteiger partial charge on any atom is 0.285 e. The third kappa shape index (κ3) is 10.0. The fourth-order valence-corrected chi connectivity index (χ4v) is 6.97. The summed E-state index contributed by atoms with van der Waals surface area (Å²) in [7, 11) is 0. The highest BCUT2D eigenvalue weighted by molar-refractivity contribution is 9.10. The largest absolute Gasteiger partial charge is 0.490 e. The van der Waals surface area contributed by atoms with Gasteiger partial charge in [-0.25, -0.2) is 0 Å². The van der Waals surface area contributed by atoms with Crippen LogP contribution in [0, 0.1) is 0 Å². The van der Waals surface area contributed by atoms with Gasteiger partial charge in [-0.15, -0.1) is 0 Å². The molecule has 0 atom stereocenters. The SMILES string of the molecule is C=C/C=C\C(=C/C)N1C(=O)/C(=C/c2cc(Br)c(OCc3ccccc3Cl)c(OCC)c2)C(=O)N=C1SCC(=O)NC(c1ccccc1)c1ccccc1. The molecule has 5 rings (SSSR count). The number of allylic oxidation sites excluding steroid dienone is 4. The number of nitrogens with one attached hydrogen (secondary N) is 1. The number of ether oxygens (including phenoxy) is 2. The second-order valence-electron chi connectivity index (χ2n) is 11.5. The van der Waals surface area contributed by atoms with Crippen molar-refractivity contribution in [1.29, 1.82) is 0 Å². The predicted octanol–water partition coefficient (Wildman–Crippen LogP) is 9.47. The average Bonchev–Trinajstić information content (AvgIpc) is 3.16. The Bertz CT molecular complexity index is 2060. The molecule has 4 aromatic rings. The Balaban J connectivity index is 1.43. The van der Waals surface area contributed by atoms with Crippen molar-refractivity contribution in [3.05, 3.63) is 171 Å². The van der Waals surface area contributed by atoms with E-state index in [0.29, 0.717) is 38.9 Å². The van der Waals surface area contributed by atoms with Crippen LogP contribution in [0.2, 0.25) is 5.02 Å². The van der Waals surface area contributed by atoms with Crippen LogP contribution in [0.15, 0.2) is 149 Å². The lowest BCUT2D eigenvalue weighted by atomic mass is 9.99. The molecule has 1 heterocycles. The molecule has 0 fully saturated rings. The molecule has 11 heteroatoms. The molecule has 0 bridgehead atoms. The smallest absolute Gasteiger partial charge is 0.285 e. The summed E-state index contributed by atoms with van der Waals surface area (Å²) in [6.07, 6.45) is 8.12. The Hall–Kier alpha value is -5.16. The molecule has 4 aromatic carbocycles. The van der Waals surface area contributed by atoms with Crippen molar-refractivity contribution in [2.45, 2.75) is 26.5 Å². The molecule has 1 aliphatic heterocycles. The van der Waals surface area contributed by atoms with Gasteiger partial charge in [-0.2, -0.15) is 4.99 Å². The first kappa shape index (κ1) is 39.1. The lowest BCUT2D eigenvalue weighted by Crippen LogP contribution is -2.42. The quantitative estimate of drug-likeness (QED) is 0.0775. The van der Waals surface area contributed by atoms with Crippen molar-refractivity contribution >= 4 is 68.3 Å². The molecule has 0 aliphatic carbocycles. The van der Waals surface area contributed by atoms with E-state index >= 15 is 0 Å². The lowest BCUT2D eigenvalue weighted by molar-refractivity contribution is -0.126. The number of amides is 3. The van der Waals surface area contributed by atoms with E-state index in [1.807, 2.05) is 85.8 Å². The first-order valence-corrected chi connectivity index (χ1v) is 18.9. The van der Waals surface area contributed by atoms with Crippen molar-refractivity contribution < 1.29 is 23.9 Å². The minimum Gasteiger partial charge on any atom is -0.490 e. The van der Waals surface area contributed by atoms with Crippen LogP contribution < -0.4 is 14.8 Å². The number of thioether (sulfide) groups is 1. The summed E-state index contributed by atoms with van der Waals surface area (Å²) in [5, 5.41) is 3.75. The molecule has 3 amide bonds. The zero-order valence-electron chi connectivity index (χ0n) is 29.1. The monoisotopic (exact) mass is 809 g/mol. The fourth-order valence-electron chi connectivity index (χ4n) is 5.40. The van der Waals surface area contributed by atoms with Gasteiger partial charge in [0.1, 0.15) is 12.2 Å². The van der Waals surface area contributed by atoms with Crippen LogP contribution in [0.4, 0.5) is 0 Å². The highest BCUT2D eigenvalue weighted by Gasteiger charge is 2.35. The van der Waals surface area contributed by atoms with Gasteiger partial charge < -0.3 is 14.8 Å². The van der Waals surface area contributed by atoms with E-state index in [9.17, 15) is 14.4 Å². The van der Waals surface area contributed by atoms with Crippen molar-refractivity contribution in [3.8, 4) is 11.5 Å². The maximum atomic E-state index is 14.2. The Morgan fingerprint density at radius 2 is 1.66 bits per heavy atom. The van der Waals surface area contributed by atoms with E-state index in [2.05, 4.69) is 32.8 Å². The van der Waals surface area contributed by atoms with E-state index in [4.69, 9.17) is 21.1 Å². The number of hydrogen-bond acceptors (Lipinski definition) is 6. The summed E-state index contributed by atoms with van der Waals surface area (Å²) >= 11 is 10.9. The zero-order chi connectivity index (χ0) is 37.7. The average molecular weight is 811 g/mol. The number of amidine groups is 1. The number of benzene rings is 4. The van der Waals surface area contributed by atoms with Crippen LogP contribution in [-0.2, 0) is 21.0 Å². The number of nitrogens with zero attached hydrogens (tertiary/aromatic N) is 2. The highest BCUT2D eigenvalue weighted by atomic mass is 79.9. The summed E-state index contributed by atoms with van der Waals surface area (Å²) in [6, 6.07) is 29.7. The van der Waals surface area contributed by atoms with E-state index in [0.717, 1.165) is 28.5 Å². The van der Waals surface area contributed by atoms with Gasteiger partial charge in [-0.3, -0.25) is 19.3 Å². The second kappa shape index (κ2) is 19.1. The molecule has 53 heavy (non-hydrogen) atoms. The standard InChI is InChI=1S/C42H37BrClN3O5S/c1-4-7-21-32(5-2)47-41(50)33(23-28-24-34(43)39(36(25-28)51-6-3)52-26-31-20-14-15-22-35(31)44)40(49)46-42(47)53-27-37(48)45-38(29-16-10-8-11-17-29)30-18-12-9-13-19-30/h4-5,7-25,38H,1,6,26-27H2,2-3H3,(H,45,48)/b21-7-,32-5+,33-23+. The molecule has 0 radical (unpaired) electrons. The van der Waals surface area contributed by atoms with Crippen LogP contribution in [-0.4, -0.2) is 40.1 Å². The molecule has 8 nitrogen and oxygen atoms in total. The minimum atomic E-state index is -0.739. The van der Waals surface area contributed by atoms with E-state index in [-0.39, 0.29) is 29.0 Å². The van der Waals surface area contributed by atoms with E-state index in [1.165, 1.54) is 11.0 Å². The van der Waals surface area contributed by atoms with Gasteiger partial charge in [0.15, 0.2) is 16.7 Å². The molecule has 1 aliphatic rings. The number of carbonyl (C=O) groups excluding carboxylic acids is 3. The summed E-state index contributed by atoms with van der Waals surface area (Å²) < 4.78 is 12.6. The topological polar surface area (TPSA) is 97.3 Å². The van der Waals surface area contributed by atoms with Gasteiger partial charge in [-0.05, 0) is 76.8 Å². The third-order valence-corrected chi connectivity index (χ3v) is 9.78. The van der Waals surface area contributed by atoms with Crippen LogP contribution in [0.3, 0.4) is 0 Å². The fraction of sp³-hybridized carbons (Fsp3) is 0.143. The first-order valence-electron chi connectivity index (χ1n) is 16.7. The number of rotatable bonds is 14. The van der Waals surface area contributed by atoms with Gasteiger partial charge in [0.25, 0.3) is 11.8 Å². The number of aliphatic imine (C=N–C) groups is 1. The Morgan fingerprint density at radius 3 is 2.28 bits per heavy atom. The summed E-state index contributed by atoms with van der Waals surface area (Å²) in [6.45, 7) is 7.89. The maximum absolute atomic E-state index is 14.2. The predicted molar refractivity (Wildman–Crippen MR) is 217 cm³/mol. The normalized spacial score (nSPS) is 14.1. The lowest BCUT2D eigenvalue weighted by Gasteiger charge is -2.28. The Kier molecular flexibility index (Phi) is 14.1. The molecule has 0 aromatic heterocycles. The molecule has 0 spiro atoms. The molecule has 1 N–H and O–H groups in total. The van der Waals surface area contributed by atoms with Crippen LogP contribution in [0.25, 0.3) is 6.08 Å². The summed E-state index contributed by atoms with van der Waals surface area (Å²) in [5.41, 5.74) is 3.42. The Morgan fingerprint density at radius 1 is 1.00 bits per heavy atom.